The summed E-state index contributed by atoms with van der Waals surface area (Å²) in [6.45, 7) is 6.25. The number of rotatable bonds is 5. The van der Waals surface area contributed by atoms with Crippen molar-refractivity contribution in [1.29, 1.82) is 0 Å². The fraction of sp³-hybridized carbons (Fsp3) is 0.304. The van der Waals surface area contributed by atoms with Crippen LogP contribution in [-0.4, -0.2) is 23.1 Å². The zero-order valence-electron chi connectivity index (χ0n) is 16.6. The van der Waals surface area contributed by atoms with Gasteiger partial charge in [-0.2, -0.15) is 9.97 Å². The van der Waals surface area contributed by atoms with E-state index >= 15 is 0 Å². The minimum atomic E-state index is 0.785. The van der Waals surface area contributed by atoms with Gasteiger partial charge in [0.25, 0.3) is 0 Å². The number of para-hydroxylation sites is 1. The second-order valence-electron chi connectivity index (χ2n) is 7.42. The molecule has 1 aliphatic heterocycles. The maximum Gasteiger partial charge on any atom is 0.229 e. The van der Waals surface area contributed by atoms with Crippen LogP contribution in [-0.2, 0) is 0 Å². The van der Waals surface area contributed by atoms with Crippen LogP contribution in [0.4, 0.5) is 29.0 Å². The van der Waals surface area contributed by atoms with Crippen LogP contribution in [0.5, 0.6) is 0 Å². The van der Waals surface area contributed by atoms with Crippen molar-refractivity contribution in [1.82, 2.24) is 9.97 Å². The van der Waals surface area contributed by atoms with Crippen molar-refractivity contribution in [2.45, 2.75) is 33.1 Å². The number of aromatic nitrogens is 2. The van der Waals surface area contributed by atoms with E-state index in [1.54, 1.807) is 0 Å². The van der Waals surface area contributed by atoms with Crippen molar-refractivity contribution < 1.29 is 0 Å². The Morgan fingerprint density at radius 3 is 2.21 bits per heavy atom. The molecule has 0 atom stereocenters. The predicted octanol–water partition coefficient (Wildman–Crippen LogP) is 5.57. The summed E-state index contributed by atoms with van der Waals surface area (Å²) in [7, 11) is 0. The lowest BCUT2D eigenvalue weighted by molar-refractivity contribution is 0.568. The molecule has 5 heteroatoms. The van der Waals surface area contributed by atoms with Crippen LogP contribution in [0.1, 0.15) is 30.4 Å². The molecule has 2 heterocycles. The van der Waals surface area contributed by atoms with E-state index in [1.165, 1.54) is 30.4 Å². The molecule has 2 N–H and O–H groups in total. The maximum absolute atomic E-state index is 4.82. The molecule has 1 aliphatic rings. The molecule has 2 aromatic carbocycles. The van der Waals surface area contributed by atoms with E-state index in [2.05, 4.69) is 47.6 Å². The molecule has 144 valence electrons. The Kier molecular flexibility index (Phi) is 5.42. The van der Waals surface area contributed by atoms with Gasteiger partial charge >= 0.3 is 0 Å². The van der Waals surface area contributed by atoms with E-state index in [1.807, 2.05) is 36.4 Å². The molecular formula is C23H27N5. The molecule has 0 bridgehead atoms. The summed E-state index contributed by atoms with van der Waals surface area (Å²) < 4.78 is 0. The quantitative estimate of drug-likeness (QED) is 0.612. The topological polar surface area (TPSA) is 53.1 Å². The lowest BCUT2D eigenvalue weighted by atomic mass is 10.1. The fourth-order valence-corrected chi connectivity index (χ4v) is 3.56. The van der Waals surface area contributed by atoms with Crippen molar-refractivity contribution in [3.8, 4) is 0 Å². The van der Waals surface area contributed by atoms with Crippen molar-refractivity contribution in [2.24, 2.45) is 0 Å². The SMILES string of the molecule is Cc1ccc(Nc2cc(Nc3ccccc3)nc(N3CCCCC3)n2)c(C)c1. The Bertz CT molecular complexity index is 933. The van der Waals surface area contributed by atoms with Crippen LogP contribution in [0.2, 0.25) is 0 Å². The smallest absolute Gasteiger partial charge is 0.229 e. The third kappa shape index (κ3) is 4.42. The van der Waals surface area contributed by atoms with E-state index in [4.69, 9.17) is 9.97 Å². The molecule has 0 unspecified atom stereocenters. The first-order valence-corrected chi connectivity index (χ1v) is 9.98. The highest BCUT2D eigenvalue weighted by molar-refractivity contribution is 5.67. The number of hydrogen-bond acceptors (Lipinski definition) is 5. The highest BCUT2D eigenvalue weighted by atomic mass is 15.3. The van der Waals surface area contributed by atoms with Gasteiger partial charge in [0.1, 0.15) is 11.6 Å². The minimum absolute atomic E-state index is 0.785. The maximum atomic E-state index is 4.82. The Balaban J connectivity index is 1.66. The summed E-state index contributed by atoms with van der Waals surface area (Å²) in [5.74, 6) is 2.39. The van der Waals surface area contributed by atoms with Gasteiger partial charge in [-0.3, -0.25) is 0 Å². The first-order valence-electron chi connectivity index (χ1n) is 9.98. The minimum Gasteiger partial charge on any atom is -0.341 e. The molecule has 28 heavy (non-hydrogen) atoms. The monoisotopic (exact) mass is 373 g/mol. The summed E-state index contributed by atoms with van der Waals surface area (Å²) in [6.07, 6.45) is 3.67. The second kappa shape index (κ2) is 8.30. The van der Waals surface area contributed by atoms with Crippen molar-refractivity contribution in [2.75, 3.05) is 28.6 Å². The van der Waals surface area contributed by atoms with Crippen molar-refractivity contribution in [3.05, 3.63) is 65.7 Å². The van der Waals surface area contributed by atoms with Crippen LogP contribution < -0.4 is 15.5 Å². The molecule has 5 nitrogen and oxygen atoms in total. The fourth-order valence-electron chi connectivity index (χ4n) is 3.56. The molecule has 1 saturated heterocycles. The molecule has 0 saturated carbocycles. The van der Waals surface area contributed by atoms with Gasteiger partial charge < -0.3 is 15.5 Å². The number of anilines is 5. The van der Waals surface area contributed by atoms with Crippen LogP contribution in [0, 0.1) is 13.8 Å². The molecule has 0 spiro atoms. The van der Waals surface area contributed by atoms with Crippen LogP contribution >= 0.6 is 0 Å². The third-order valence-electron chi connectivity index (χ3n) is 5.04. The number of hydrogen-bond donors (Lipinski definition) is 2. The van der Waals surface area contributed by atoms with Crippen LogP contribution in [0.25, 0.3) is 0 Å². The highest BCUT2D eigenvalue weighted by Gasteiger charge is 2.16. The van der Waals surface area contributed by atoms with Gasteiger partial charge in [-0.25, -0.2) is 0 Å². The summed E-state index contributed by atoms with van der Waals surface area (Å²) in [5.41, 5.74) is 4.55. The molecule has 1 aromatic heterocycles. The van der Waals surface area contributed by atoms with E-state index < -0.39 is 0 Å². The summed E-state index contributed by atoms with van der Waals surface area (Å²) in [5, 5.41) is 6.90. The van der Waals surface area contributed by atoms with E-state index in [-0.39, 0.29) is 0 Å². The second-order valence-corrected chi connectivity index (χ2v) is 7.42. The Labute approximate surface area is 166 Å². The van der Waals surface area contributed by atoms with Crippen molar-refractivity contribution in [3.63, 3.8) is 0 Å². The summed E-state index contributed by atoms with van der Waals surface area (Å²) in [4.78, 5) is 11.9. The predicted molar refractivity (Wildman–Crippen MR) is 117 cm³/mol. The molecule has 4 rings (SSSR count). The third-order valence-corrected chi connectivity index (χ3v) is 5.04. The Morgan fingerprint density at radius 2 is 1.50 bits per heavy atom. The zero-order valence-corrected chi connectivity index (χ0v) is 16.6. The zero-order chi connectivity index (χ0) is 19.3. The molecule has 0 aliphatic carbocycles. The van der Waals surface area contributed by atoms with E-state index in [0.29, 0.717) is 0 Å². The standard InChI is InChI=1S/C23H27N5/c1-17-11-12-20(18(2)15-17)25-22-16-21(24-19-9-5-3-6-10-19)26-23(27-22)28-13-7-4-8-14-28/h3,5-6,9-12,15-16H,4,7-8,13-14H2,1-2H3,(H2,24,25,26,27). The average Bonchev–Trinajstić information content (AvgIpc) is 2.71. The summed E-state index contributed by atoms with van der Waals surface area (Å²) in [6, 6.07) is 18.5. The molecule has 1 fully saturated rings. The number of piperidine rings is 1. The van der Waals surface area contributed by atoms with Crippen LogP contribution in [0.15, 0.2) is 54.6 Å². The number of nitrogens with one attached hydrogen (secondary N) is 2. The normalized spacial score (nSPS) is 14.0. The Hall–Kier alpha value is -3.08. The lowest BCUT2D eigenvalue weighted by Crippen LogP contribution is -2.31. The average molecular weight is 374 g/mol. The van der Waals surface area contributed by atoms with Gasteiger partial charge in [0, 0.05) is 30.5 Å². The number of aryl methyl sites for hydroxylation is 2. The van der Waals surface area contributed by atoms with Crippen molar-refractivity contribution >= 4 is 29.0 Å². The van der Waals surface area contributed by atoms with Gasteiger partial charge in [-0.1, -0.05) is 35.9 Å². The van der Waals surface area contributed by atoms with Gasteiger partial charge in [-0.05, 0) is 56.9 Å². The first kappa shape index (κ1) is 18.3. The van der Waals surface area contributed by atoms with E-state index in [9.17, 15) is 0 Å². The Morgan fingerprint density at radius 1 is 0.786 bits per heavy atom. The van der Waals surface area contributed by atoms with Gasteiger partial charge in [0.15, 0.2) is 0 Å². The molecular weight excluding hydrogens is 346 g/mol. The van der Waals surface area contributed by atoms with Gasteiger partial charge in [-0.15, -0.1) is 0 Å². The molecule has 0 radical (unpaired) electrons. The first-order chi connectivity index (χ1) is 13.7. The molecule has 3 aromatic rings. The lowest BCUT2D eigenvalue weighted by Gasteiger charge is -2.27. The number of nitrogens with zero attached hydrogens (tertiary/aromatic N) is 3. The summed E-state index contributed by atoms with van der Waals surface area (Å²) >= 11 is 0. The van der Waals surface area contributed by atoms with Crippen LogP contribution in [0.3, 0.4) is 0 Å². The van der Waals surface area contributed by atoms with E-state index in [0.717, 1.165) is 42.0 Å². The largest absolute Gasteiger partial charge is 0.341 e. The molecule has 0 amide bonds. The highest BCUT2D eigenvalue weighted by Crippen LogP contribution is 2.26. The number of benzene rings is 2. The van der Waals surface area contributed by atoms with Gasteiger partial charge in [0.05, 0.1) is 0 Å². The van der Waals surface area contributed by atoms with Gasteiger partial charge in [0.2, 0.25) is 5.95 Å².